The third-order valence-electron chi connectivity index (χ3n) is 2.63. The van der Waals surface area contributed by atoms with Crippen LogP contribution in [0.4, 0.5) is 5.69 Å². The number of phenolic OH excluding ortho intramolecular Hbond substituents is 1. The molecule has 0 bridgehead atoms. The summed E-state index contributed by atoms with van der Waals surface area (Å²) < 4.78 is 0. The molecule has 4 heteroatoms. The number of nitrogens with zero attached hydrogens (tertiary/aromatic N) is 1. The van der Waals surface area contributed by atoms with Gasteiger partial charge in [-0.2, -0.15) is 0 Å². The summed E-state index contributed by atoms with van der Waals surface area (Å²) in [5.41, 5.74) is 1.75. The van der Waals surface area contributed by atoms with Crippen LogP contribution in [0.5, 0.6) is 5.75 Å². The van der Waals surface area contributed by atoms with E-state index in [4.69, 9.17) is 0 Å². The molecule has 94 valence electrons. The monoisotopic (exact) mass is 236 g/mol. The molecule has 0 heterocycles. The summed E-state index contributed by atoms with van der Waals surface area (Å²) in [4.78, 5) is 13.7. The van der Waals surface area contributed by atoms with Crippen LogP contribution in [0.2, 0.25) is 0 Å². The number of hydrogen-bond acceptors (Lipinski definition) is 3. The molecule has 0 fully saturated rings. The Hall–Kier alpha value is -1.55. The third kappa shape index (κ3) is 3.46. The Labute approximate surface area is 102 Å². The SMILES string of the molecule is CCNCC(=O)N(CC)c1cc(O)ccc1C. The first-order valence-electron chi connectivity index (χ1n) is 5.90. The van der Waals surface area contributed by atoms with Crippen LogP contribution in [0.3, 0.4) is 0 Å². The number of carbonyl (C=O) groups excluding carboxylic acids is 1. The molecular formula is C13H20N2O2. The largest absolute Gasteiger partial charge is 0.508 e. The second-order valence-corrected chi connectivity index (χ2v) is 3.89. The van der Waals surface area contributed by atoms with Gasteiger partial charge >= 0.3 is 0 Å². The van der Waals surface area contributed by atoms with E-state index in [1.165, 1.54) is 0 Å². The van der Waals surface area contributed by atoms with Gasteiger partial charge in [0.05, 0.1) is 12.2 Å². The Morgan fingerprint density at radius 2 is 2.12 bits per heavy atom. The molecule has 1 rings (SSSR count). The van der Waals surface area contributed by atoms with Gasteiger partial charge in [0, 0.05) is 12.6 Å². The Bertz CT molecular complexity index is 391. The van der Waals surface area contributed by atoms with Crippen molar-refractivity contribution in [2.45, 2.75) is 20.8 Å². The normalized spacial score (nSPS) is 10.3. The number of nitrogens with one attached hydrogen (secondary N) is 1. The van der Waals surface area contributed by atoms with E-state index in [9.17, 15) is 9.90 Å². The Kier molecular flexibility index (Phi) is 4.97. The number of phenols is 1. The lowest BCUT2D eigenvalue weighted by molar-refractivity contribution is -0.117. The highest BCUT2D eigenvalue weighted by molar-refractivity contribution is 5.95. The highest BCUT2D eigenvalue weighted by Crippen LogP contribution is 2.24. The quantitative estimate of drug-likeness (QED) is 0.817. The zero-order chi connectivity index (χ0) is 12.8. The van der Waals surface area contributed by atoms with Crippen molar-refractivity contribution in [3.63, 3.8) is 0 Å². The van der Waals surface area contributed by atoms with E-state index in [-0.39, 0.29) is 11.7 Å². The summed E-state index contributed by atoms with van der Waals surface area (Å²) in [5, 5.41) is 12.5. The molecule has 0 radical (unpaired) electrons. The lowest BCUT2D eigenvalue weighted by atomic mass is 10.1. The Morgan fingerprint density at radius 3 is 2.71 bits per heavy atom. The van der Waals surface area contributed by atoms with Crippen LogP contribution in [0, 0.1) is 6.92 Å². The van der Waals surface area contributed by atoms with Gasteiger partial charge in [-0.15, -0.1) is 0 Å². The van der Waals surface area contributed by atoms with Gasteiger partial charge in [0.1, 0.15) is 5.75 Å². The minimum atomic E-state index is 0.0167. The average molecular weight is 236 g/mol. The third-order valence-corrected chi connectivity index (χ3v) is 2.63. The van der Waals surface area contributed by atoms with Crippen LogP contribution in [0.25, 0.3) is 0 Å². The first-order chi connectivity index (χ1) is 8.10. The van der Waals surface area contributed by atoms with Crippen LogP contribution in [-0.2, 0) is 4.79 Å². The van der Waals surface area contributed by atoms with Gasteiger partial charge in [0.2, 0.25) is 5.91 Å². The molecule has 0 atom stereocenters. The molecule has 0 aliphatic carbocycles. The minimum Gasteiger partial charge on any atom is -0.508 e. The standard InChI is InChI=1S/C13H20N2O2/c1-4-14-9-13(17)15(5-2)12-8-11(16)7-6-10(12)3/h6-8,14,16H,4-5,9H2,1-3H3. The van der Waals surface area contributed by atoms with Gasteiger partial charge in [-0.1, -0.05) is 13.0 Å². The highest BCUT2D eigenvalue weighted by Gasteiger charge is 2.15. The van der Waals surface area contributed by atoms with Crippen LogP contribution >= 0.6 is 0 Å². The summed E-state index contributed by atoms with van der Waals surface area (Å²) in [6, 6.07) is 5.07. The summed E-state index contributed by atoms with van der Waals surface area (Å²) in [5.74, 6) is 0.198. The lowest BCUT2D eigenvalue weighted by Crippen LogP contribution is -2.38. The average Bonchev–Trinajstić information content (AvgIpc) is 2.32. The molecule has 0 unspecified atom stereocenters. The molecule has 0 saturated heterocycles. The number of aryl methyl sites for hydroxylation is 1. The number of hydrogen-bond donors (Lipinski definition) is 2. The van der Waals surface area contributed by atoms with Gasteiger partial charge in [-0.3, -0.25) is 4.79 Å². The van der Waals surface area contributed by atoms with Crippen LogP contribution in [0.15, 0.2) is 18.2 Å². The van der Waals surface area contributed by atoms with E-state index in [1.807, 2.05) is 26.8 Å². The molecule has 0 spiro atoms. The summed E-state index contributed by atoms with van der Waals surface area (Å²) in [7, 11) is 0. The zero-order valence-corrected chi connectivity index (χ0v) is 10.7. The predicted octanol–water partition coefficient (Wildman–Crippen LogP) is 1.66. The predicted molar refractivity (Wildman–Crippen MR) is 69.4 cm³/mol. The molecule has 0 aliphatic rings. The molecule has 4 nitrogen and oxygen atoms in total. The van der Waals surface area contributed by atoms with Crippen molar-refractivity contribution in [1.82, 2.24) is 5.32 Å². The molecule has 0 saturated carbocycles. The first kappa shape index (κ1) is 13.5. The van der Waals surface area contributed by atoms with Crippen LogP contribution in [0.1, 0.15) is 19.4 Å². The van der Waals surface area contributed by atoms with Gasteiger partial charge in [0.25, 0.3) is 0 Å². The zero-order valence-electron chi connectivity index (χ0n) is 10.7. The van der Waals surface area contributed by atoms with Crippen LogP contribution in [-0.4, -0.2) is 30.6 Å². The van der Waals surface area contributed by atoms with E-state index >= 15 is 0 Å². The Morgan fingerprint density at radius 1 is 1.41 bits per heavy atom. The van der Waals surface area contributed by atoms with Crippen molar-refractivity contribution < 1.29 is 9.90 Å². The number of amides is 1. The number of aromatic hydroxyl groups is 1. The maximum Gasteiger partial charge on any atom is 0.240 e. The molecular weight excluding hydrogens is 216 g/mol. The molecule has 1 aromatic carbocycles. The van der Waals surface area contributed by atoms with Crippen molar-refractivity contribution in [2.75, 3.05) is 24.5 Å². The van der Waals surface area contributed by atoms with Gasteiger partial charge in [-0.05, 0) is 32.0 Å². The number of rotatable bonds is 5. The molecule has 1 aromatic rings. The van der Waals surface area contributed by atoms with Crippen molar-refractivity contribution in [1.29, 1.82) is 0 Å². The minimum absolute atomic E-state index is 0.0167. The number of benzene rings is 1. The Balaban J connectivity index is 2.92. The van der Waals surface area contributed by atoms with Crippen molar-refractivity contribution in [3.05, 3.63) is 23.8 Å². The van der Waals surface area contributed by atoms with Gasteiger partial charge in [-0.25, -0.2) is 0 Å². The molecule has 2 N–H and O–H groups in total. The van der Waals surface area contributed by atoms with Gasteiger partial charge in [0.15, 0.2) is 0 Å². The fourth-order valence-corrected chi connectivity index (χ4v) is 1.70. The summed E-state index contributed by atoms with van der Waals surface area (Å²) in [6.45, 7) is 7.49. The van der Waals surface area contributed by atoms with E-state index in [0.717, 1.165) is 17.8 Å². The maximum absolute atomic E-state index is 12.0. The number of anilines is 1. The van der Waals surface area contributed by atoms with Crippen LogP contribution < -0.4 is 10.2 Å². The smallest absolute Gasteiger partial charge is 0.240 e. The summed E-state index contributed by atoms with van der Waals surface area (Å²) in [6.07, 6.45) is 0. The van der Waals surface area contributed by atoms with Crippen molar-refractivity contribution in [2.24, 2.45) is 0 Å². The van der Waals surface area contributed by atoms with E-state index in [2.05, 4.69) is 5.32 Å². The number of carbonyl (C=O) groups is 1. The van der Waals surface area contributed by atoms with Crippen molar-refractivity contribution in [3.8, 4) is 5.75 Å². The highest BCUT2D eigenvalue weighted by atomic mass is 16.3. The fourth-order valence-electron chi connectivity index (χ4n) is 1.70. The van der Waals surface area contributed by atoms with E-state index in [0.29, 0.717) is 13.1 Å². The first-order valence-corrected chi connectivity index (χ1v) is 5.90. The van der Waals surface area contributed by atoms with E-state index in [1.54, 1.807) is 17.0 Å². The topological polar surface area (TPSA) is 52.6 Å². The maximum atomic E-state index is 12.0. The number of likely N-dealkylation sites (N-methyl/N-ethyl adjacent to an activating group) is 2. The molecule has 0 aromatic heterocycles. The van der Waals surface area contributed by atoms with Crippen molar-refractivity contribution >= 4 is 11.6 Å². The van der Waals surface area contributed by atoms with E-state index < -0.39 is 0 Å². The summed E-state index contributed by atoms with van der Waals surface area (Å²) >= 11 is 0. The second kappa shape index (κ2) is 6.25. The van der Waals surface area contributed by atoms with Gasteiger partial charge < -0.3 is 15.3 Å². The molecule has 0 aliphatic heterocycles. The fraction of sp³-hybridized carbons (Fsp3) is 0.462. The molecule has 1 amide bonds. The molecule has 17 heavy (non-hydrogen) atoms. The second-order valence-electron chi connectivity index (χ2n) is 3.89. The lowest BCUT2D eigenvalue weighted by Gasteiger charge is -2.23.